The monoisotopic (exact) mass is 355 g/mol. The quantitative estimate of drug-likeness (QED) is 0.832. The molecule has 0 radical (unpaired) electrons. The number of thiophene rings is 1. The minimum Gasteiger partial charge on any atom is -0.463 e. The number of Topliss-reactive ketones (excluding diaryl/α,β-unsaturated/α-hetero) is 1. The van der Waals surface area contributed by atoms with E-state index in [0.29, 0.717) is 17.8 Å². The molecule has 0 aliphatic carbocycles. The number of esters is 1. The van der Waals surface area contributed by atoms with E-state index in [1.54, 1.807) is 25.2 Å². The molecule has 4 nitrogen and oxygen atoms in total. The summed E-state index contributed by atoms with van der Waals surface area (Å²) in [6.45, 7) is 7.36. The topological polar surface area (TPSA) is 55.4 Å². The van der Waals surface area contributed by atoms with Crippen LogP contribution in [0.3, 0.4) is 0 Å². The Morgan fingerprint density at radius 3 is 2.52 bits per heavy atom. The van der Waals surface area contributed by atoms with Crippen molar-refractivity contribution in [1.82, 2.24) is 5.32 Å². The SMILES string of the molecule is CCOC(=O)C1=C(C)NC(C)=C(C(C)=O)C1c1csc2ccccc12. The van der Waals surface area contributed by atoms with E-state index in [2.05, 4.69) is 11.4 Å². The highest BCUT2D eigenvalue weighted by Crippen LogP contribution is 2.43. The Hall–Kier alpha value is -2.40. The summed E-state index contributed by atoms with van der Waals surface area (Å²) in [5, 5.41) is 6.30. The van der Waals surface area contributed by atoms with Crippen LogP contribution in [-0.4, -0.2) is 18.4 Å². The summed E-state index contributed by atoms with van der Waals surface area (Å²) in [6, 6.07) is 8.05. The highest BCUT2D eigenvalue weighted by Gasteiger charge is 2.36. The zero-order chi connectivity index (χ0) is 18.1. The van der Waals surface area contributed by atoms with Gasteiger partial charge < -0.3 is 10.1 Å². The van der Waals surface area contributed by atoms with Crippen molar-refractivity contribution >= 4 is 33.2 Å². The maximum atomic E-state index is 12.7. The lowest BCUT2D eigenvalue weighted by molar-refractivity contribution is -0.138. The number of benzene rings is 1. The Morgan fingerprint density at radius 1 is 1.16 bits per heavy atom. The van der Waals surface area contributed by atoms with Gasteiger partial charge >= 0.3 is 5.97 Å². The Balaban J connectivity index is 2.26. The third kappa shape index (κ3) is 3.00. The summed E-state index contributed by atoms with van der Waals surface area (Å²) in [5.74, 6) is -0.826. The molecule has 0 saturated carbocycles. The van der Waals surface area contributed by atoms with Crippen LogP contribution < -0.4 is 5.32 Å². The highest BCUT2D eigenvalue weighted by molar-refractivity contribution is 7.17. The molecule has 25 heavy (non-hydrogen) atoms. The number of hydrogen-bond donors (Lipinski definition) is 1. The minimum atomic E-state index is -0.408. The molecular weight excluding hydrogens is 334 g/mol. The molecule has 1 aromatic heterocycles. The second-order valence-electron chi connectivity index (χ2n) is 6.10. The molecule has 1 aromatic carbocycles. The largest absolute Gasteiger partial charge is 0.463 e. The van der Waals surface area contributed by atoms with Crippen molar-refractivity contribution in [3.8, 4) is 0 Å². The van der Waals surface area contributed by atoms with Crippen molar-refractivity contribution in [2.75, 3.05) is 6.61 Å². The van der Waals surface area contributed by atoms with E-state index < -0.39 is 5.92 Å². The molecule has 2 heterocycles. The molecule has 1 aliphatic rings. The van der Waals surface area contributed by atoms with Gasteiger partial charge in [0.2, 0.25) is 0 Å². The second kappa shape index (κ2) is 6.84. The van der Waals surface area contributed by atoms with E-state index in [1.807, 2.05) is 37.4 Å². The maximum Gasteiger partial charge on any atom is 0.336 e. The van der Waals surface area contributed by atoms with Crippen LogP contribution in [-0.2, 0) is 14.3 Å². The van der Waals surface area contributed by atoms with Gasteiger partial charge in [0, 0.05) is 27.6 Å². The molecular formula is C20H21NO3S. The predicted octanol–water partition coefficient (Wildman–Crippen LogP) is 4.29. The van der Waals surface area contributed by atoms with Gasteiger partial charge in [0.1, 0.15) is 0 Å². The van der Waals surface area contributed by atoms with Gasteiger partial charge in [0.05, 0.1) is 12.2 Å². The second-order valence-corrected chi connectivity index (χ2v) is 7.01. The van der Waals surface area contributed by atoms with E-state index in [1.165, 1.54) is 0 Å². The van der Waals surface area contributed by atoms with E-state index in [9.17, 15) is 9.59 Å². The van der Waals surface area contributed by atoms with Crippen LogP contribution in [0.25, 0.3) is 10.1 Å². The number of dihydropyridines is 1. The van der Waals surface area contributed by atoms with Crippen LogP contribution in [0, 0.1) is 0 Å². The van der Waals surface area contributed by atoms with Gasteiger partial charge in [-0.3, -0.25) is 4.79 Å². The number of allylic oxidation sites excluding steroid dienone is 3. The summed E-state index contributed by atoms with van der Waals surface area (Å²) in [5.41, 5.74) is 3.65. The van der Waals surface area contributed by atoms with Gasteiger partial charge in [-0.05, 0) is 50.1 Å². The molecule has 0 amide bonds. The third-order valence-electron chi connectivity index (χ3n) is 4.46. The molecule has 130 valence electrons. The van der Waals surface area contributed by atoms with Crippen molar-refractivity contribution in [1.29, 1.82) is 0 Å². The molecule has 2 aromatic rings. The lowest BCUT2D eigenvalue weighted by Crippen LogP contribution is -2.31. The highest BCUT2D eigenvalue weighted by atomic mass is 32.1. The molecule has 1 unspecified atom stereocenters. The van der Waals surface area contributed by atoms with Crippen molar-refractivity contribution in [3.63, 3.8) is 0 Å². The average molecular weight is 355 g/mol. The number of rotatable bonds is 4. The Labute approximate surface area is 151 Å². The van der Waals surface area contributed by atoms with Crippen molar-refractivity contribution in [3.05, 3.63) is 57.7 Å². The van der Waals surface area contributed by atoms with Gasteiger partial charge in [-0.15, -0.1) is 11.3 Å². The van der Waals surface area contributed by atoms with Crippen molar-refractivity contribution in [2.45, 2.75) is 33.6 Å². The summed E-state index contributed by atoms with van der Waals surface area (Å²) in [4.78, 5) is 25.1. The van der Waals surface area contributed by atoms with E-state index in [0.717, 1.165) is 27.0 Å². The van der Waals surface area contributed by atoms with E-state index >= 15 is 0 Å². The summed E-state index contributed by atoms with van der Waals surface area (Å²) in [7, 11) is 0. The molecule has 1 aliphatic heterocycles. The summed E-state index contributed by atoms with van der Waals surface area (Å²) in [6.07, 6.45) is 0. The summed E-state index contributed by atoms with van der Waals surface area (Å²) >= 11 is 1.62. The Bertz CT molecular complexity index is 920. The fourth-order valence-electron chi connectivity index (χ4n) is 3.47. The smallest absolute Gasteiger partial charge is 0.336 e. The standard InChI is InChI=1S/C20H21NO3S/c1-5-24-20(23)18-12(3)21-11(2)17(13(4)22)19(18)15-10-25-16-9-7-6-8-14(15)16/h6-10,19,21H,5H2,1-4H3. The number of fused-ring (bicyclic) bond motifs is 1. The number of nitrogens with one attached hydrogen (secondary N) is 1. The molecule has 0 spiro atoms. The van der Waals surface area contributed by atoms with Crippen molar-refractivity contribution in [2.24, 2.45) is 0 Å². The molecule has 5 heteroatoms. The van der Waals surface area contributed by atoms with Crippen LogP contribution in [0.4, 0.5) is 0 Å². The molecule has 1 atom stereocenters. The average Bonchev–Trinajstić information content (AvgIpc) is 2.97. The number of carbonyl (C=O) groups is 2. The number of hydrogen-bond acceptors (Lipinski definition) is 5. The first-order valence-corrected chi connectivity index (χ1v) is 9.16. The number of ketones is 1. The van der Waals surface area contributed by atoms with E-state index in [4.69, 9.17) is 4.74 Å². The molecule has 0 saturated heterocycles. The van der Waals surface area contributed by atoms with Crippen LogP contribution >= 0.6 is 11.3 Å². The minimum absolute atomic E-state index is 0.0421. The normalized spacial score (nSPS) is 17.7. The first-order chi connectivity index (χ1) is 12.0. The maximum absolute atomic E-state index is 12.7. The van der Waals surface area contributed by atoms with E-state index in [-0.39, 0.29) is 11.8 Å². The zero-order valence-electron chi connectivity index (χ0n) is 14.8. The van der Waals surface area contributed by atoms with Gasteiger partial charge in [-0.1, -0.05) is 18.2 Å². The first kappa shape index (κ1) is 17.4. The zero-order valence-corrected chi connectivity index (χ0v) is 15.6. The van der Waals surface area contributed by atoms with Crippen molar-refractivity contribution < 1.29 is 14.3 Å². The lowest BCUT2D eigenvalue weighted by atomic mass is 9.79. The Morgan fingerprint density at radius 2 is 1.84 bits per heavy atom. The van der Waals surface area contributed by atoms with Crippen LogP contribution in [0.1, 0.15) is 39.2 Å². The molecule has 0 fully saturated rings. The fourth-order valence-corrected chi connectivity index (χ4v) is 4.46. The molecule has 1 N–H and O–H groups in total. The van der Waals surface area contributed by atoms with Gasteiger partial charge in [-0.25, -0.2) is 4.79 Å². The van der Waals surface area contributed by atoms with Crippen LogP contribution in [0.15, 0.2) is 52.2 Å². The van der Waals surface area contributed by atoms with Gasteiger partial charge in [0.25, 0.3) is 0 Å². The first-order valence-electron chi connectivity index (χ1n) is 8.28. The predicted molar refractivity (Wildman–Crippen MR) is 100 cm³/mol. The fraction of sp³-hybridized carbons (Fsp3) is 0.300. The third-order valence-corrected chi connectivity index (χ3v) is 5.44. The van der Waals surface area contributed by atoms with Gasteiger partial charge in [0.15, 0.2) is 5.78 Å². The summed E-state index contributed by atoms with van der Waals surface area (Å²) < 4.78 is 6.42. The number of ether oxygens (including phenoxy) is 1. The van der Waals surface area contributed by atoms with Crippen LogP contribution in [0.5, 0.6) is 0 Å². The Kier molecular flexibility index (Phi) is 4.77. The molecule has 3 rings (SSSR count). The lowest BCUT2D eigenvalue weighted by Gasteiger charge is -2.30. The van der Waals surface area contributed by atoms with Crippen LogP contribution in [0.2, 0.25) is 0 Å². The van der Waals surface area contributed by atoms with Gasteiger partial charge in [-0.2, -0.15) is 0 Å². The number of carbonyl (C=O) groups excluding carboxylic acids is 2. The molecule has 0 bridgehead atoms.